The second-order valence-electron chi connectivity index (χ2n) is 8.21. The molecule has 0 spiro atoms. The Labute approximate surface area is 129 Å². The van der Waals surface area contributed by atoms with Crippen LogP contribution >= 0.6 is 0 Å². The quantitative estimate of drug-likeness (QED) is 0.782. The molecule has 0 unspecified atom stereocenters. The van der Waals surface area contributed by atoms with Gasteiger partial charge in [0.2, 0.25) is 0 Å². The molecule has 2 heterocycles. The predicted octanol–water partition coefficient (Wildman–Crippen LogP) is 2.02. The molecule has 2 amide bonds. The minimum atomic E-state index is -0.126. The minimum absolute atomic E-state index is 0.0908. The first-order valence-electron chi connectivity index (χ1n) is 7.91. The highest BCUT2D eigenvalue weighted by Gasteiger charge is 2.50. The third-order valence-electron chi connectivity index (χ3n) is 4.68. The van der Waals surface area contributed by atoms with Gasteiger partial charge in [0.05, 0.1) is 18.7 Å². The third kappa shape index (κ3) is 3.04. The Balaban J connectivity index is 2.27. The van der Waals surface area contributed by atoms with Gasteiger partial charge in [0.15, 0.2) is 0 Å². The van der Waals surface area contributed by atoms with Crippen molar-refractivity contribution in [3.8, 4) is 0 Å². The highest BCUT2D eigenvalue weighted by molar-refractivity contribution is 5.78. The van der Waals surface area contributed by atoms with Crippen LogP contribution < -0.4 is 0 Å². The molecule has 0 radical (unpaired) electrons. The van der Waals surface area contributed by atoms with E-state index in [9.17, 15) is 4.79 Å². The molecule has 2 fully saturated rings. The summed E-state index contributed by atoms with van der Waals surface area (Å²) in [5.41, 5.74) is -0.0356. The number of carbonyl (C=O) groups is 1. The fourth-order valence-electron chi connectivity index (χ4n) is 3.61. The highest BCUT2D eigenvalue weighted by atomic mass is 16.5. The van der Waals surface area contributed by atoms with Gasteiger partial charge in [-0.2, -0.15) is 0 Å². The summed E-state index contributed by atoms with van der Waals surface area (Å²) < 4.78 is 5.47. The first-order chi connectivity index (χ1) is 9.57. The highest BCUT2D eigenvalue weighted by Crippen LogP contribution is 2.33. The molecule has 0 aromatic carbocycles. The summed E-state index contributed by atoms with van der Waals surface area (Å²) >= 11 is 0. The number of nitrogens with zero attached hydrogens (tertiary/aromatic N) is 3. The van der Waals surface area contributed by atoms with Crippen molar-refractivity contribution in [1.82, 2.24) is 14.7 Å². The van der Waals surface area contributed by atoms with Crippen LogP contribution in [0.3, 0.4) is 0 Å². The van der Waals surface area contributed by atoms with Crippen LogP contribution in [-0.2, 0) is 4.74 Å². The summed E-state index contributed by atoms with van der Waals surface area (Å²) in [6, 6.07) is 0.673. The molecule has 0 N–H and O–H groups in total. The summed E-state index contributed by atoms with van der Waals surface area (Å²) in [6.07, 6.45) is 0. The average molecular weight is 297 g/mol. The SMILES string of the molecule is COC[C@@H]1[C@H]2CN(C(C)(C)C)C(=O)N2CCN1C(C)(C)C. The molecule has 0 aromatic rings. The lowest BCUT2D eigenvalue weighted by Gasteiger charge is -2.49. The molecule has 5 heteroatoms. The largest absolute Gasteiger partial charge is 0.383 e. The maximum absolute atomic E-state index is 12.7. The van der Waals surface area contributed by atoms with Gasteiger partial charge in [-0.1, -0.05) is 0 Å². The van der Waals surface area contributed by atoms with Crippen molar-refractivity contribution in [3.05, 3.63) is 0 Å². The molecule has 2 atom stereocenters. The van der Waals surface area contributed by atoms with Crippen LogP contribution in [0.4, 0.5) is 4.79 Å². The van der Waals surface area contributed by atoms with E-state index in [4.69, 9.17) is 4.74 Å². The van der Waals surface area contributed by atoms with E-state index in [2.05, 4.69) is 51.3 Å². The number of rotatable bonds is 2. The molecule has 0 aromatic heterocycles. The Morgan fingerprint density at radius 3 is 2.19 bits per heavy atom. The average Bonchev–Trinajstić information content (AvgIpc) is 2.66. The van der Waals surface area contributed by atoms with Crippen molar-refractivity contribution in [1.29, 1.82) is 0 Å². The lowest BCUT2D eigenvalue weighted by Crippen LogP contribution is -2.64. The Hall–Kier alpha value is -0.810. The molecule has 21 heavy (non-hydrogen) atoms. The van der Waals surface area contributed by atoms with E-state index in [0.29, 0.717) is 6.61 Å². The first-order valence-corrected chi connectivity index (χ1v) is 7.91. The predicted molar refractivity (Wildman–Crippen MR) is 84.5 cm³/mol. The number of methoxy groups -OCH3 is 1. The van der Waals surface area contributed by atoms with E-state index in [1.807, 2.05) is 4.90 Å². The van der Waals surface area contributed by atoms with Crippen molar-refractivity contribution < 1.29 is 9.53 Å². The number of ether oxygens (including phenoxy) is 1. The minimum Gasteiger partial charge on any atom is -0.383 e. The van der Waals surface area contributed by atoms with E-state index in [1.54, 1.807) is 7.11 Å². The number of fused-ring (bicyclic) bond motifs is 1. The van der Waals surface area contributed by atoms with E-state index in [-0.39, 0.29) is 29.2 Å². The zero-order chi connectivity index (χ0) is 16.0. The second kappa shape index (κ2) is 5.43. The lowest BCUT2D eigenvalue weighted by atomic mass is 9.95. The van der Waals surface area contributed by atoms with Gasteiger partial charge < -0.3 is 14.5 Å². The summed E-state index contributed by atoms with van der Waals surface area (Å²) in [7, 11) is 1.75. The molecular weight excluding hydrogens is 266 g/mol. The van der Waals surface area contributed by atoms with Gasteiger partial charge >= 0.3 is 6.03 Å². The molecule has 2 saturated heterocycles. The van der Waals surface area contributed by atoms with Gasteiger partial charge in [-0.3, -0.25) is 4.90 Å². The van der Waals surface area contributed by atoms with Crippen LogP contribution in [0.5, 0.6) is 0 Å². The zero-order valence-corrected chi connectivity index (χ0v) is 14.6. The summed E-state index contributed by atoms with van der Waals surface area (Å²) in [5, 5.41) is 0. The normalized spacial score (nSPS) is 28.2. The van der Waals surface area contributed by atoms with Crippen LogP contribution in [0, 0.1) is 0 Å². The van der Waals surface area contributed by atoms with Gasteiger partial charge in [-0.05, 0) is 41.5 Å². The van der Waals surface area contributed by atoms with Gasteiger partial charge in [-0.25, -0.2) is 4.79 Å². The van der Waals surface area contributed by atoms with Crippen LogP contribution in [0.2, 0.25) is 0 Å². The number of piperazine rings is 1. The summed E-state index contributed by atoms with van der Waals surface area (Å²) in [6.45, 7) is 16.2. The van der Waals surface area contributed by atoms with Gasteiger partial charge in [0, 0.05) is 37.8 Å². The fraction of sp³-hybridized carbons (Fsp3) is 0.938. The van der Waals surface area contributed by atoms with Gasteiger partial charge in [0.1, 0.15) is 0 Å². The number of hydrogen-bond donors (Lipinski definition) is 0. The first kappa shape index (κ1) is 16.6. The van der Waals surface area contributed by atoms with Crippen molar-refractivity contribution in [2.24, 2.45) is 0 Å². The number of urea groups is 1. The summed E-state index contributed by atoms with van der Waals surface area (Å²) in [5.74, 6) is 0. The fourth-order valence-corrected chi connectivity index (χ4v) is 3.61. The maximum Gasteiger partial charge on any atom is 0.320 e. The van der Waals surface area contributed by atoms with Gasteiger partial charge in [-0.15, -0.1) is 0 Å². The molecule has 2 rings (SSSR count). The van der Waals surface area contributed by atoms with E-state index >= 15 is 0 Å². The standard InChI is InChI=1S/C16H31N3O2/c1-15(2,3)18-9-8-17-12(13(18)11-21-7)10-19(14(17)20)16(4,5)6/h12-13H,8-11H2,1-7H3/t12-,13-/m1/s1. The molecule has 122 valence electrons. The van der Waals surface area contributed by atoms with Crippen molar-refractivity contribution in [3.63, 3.8) is 0 Å². The number of hydrogen-bond acceptors (Lipinski definition) is 3. The zero-order valence-electron chi connectivity index (χ0n) is 14.6. The lowest BCUT2D eigenvalue weighted by molar-refractivity contribution is -0.0337. The van der Waals surface area contributed by atoms with Crippen LogP contribution in [-0.4, -0.2) is 77.2 Å². The molecule has 0 aliphatic carbocycles. The number of carbonyl (C=O) groups excluding carboxylic acids is 1. The Kier molecular flexibility index (Phi) is 4.28. The third-order valence-corrected chi connectivity index (χ3v) is 4.68. The Morgan fingerprint density at radius 2 is 1.71 bits per heavy atom. The number of amides is 2. The maximum atomic E-state index is 12.7. The Bertz CT molecular complexity index is 397. The molecule has 0 saturated carbocycles. The molecule has 2 aliphatic rings. The van der Waals surface area contributed by atoms with Crippen molar-refractivity contribution in [2.75, 3.05) is 33.4 Å². The Morgan fingerprint density at radius 1 is 1.10 bits per heavy atom. The van der Waals surface area contributed by atoms with E-state index in [0.717, 1.165) is 19.6 Å². The van der Waals surface area contributed by atoms with Crippen LogP contribution in [0.1, 0.15) is 41.5 Å². The van der Waals surface area contributed by atoms with E-state index < -0.39 is 0 Å². The van der Waals surface area contributed by atoms with Crippen LogP contribution in [0.15, 0.2) is 0 Å². The molecule has 5 nitrogen and oxygen atoms in total. The second-order valence-corrected chi connectivity index (χ2v) is 8.21. The molecule has 2 aliphatic heterocycles. The smallest absolute Gasteiger partial charge is 0.320 e. The molecule has 0 bridgehead atoms. The molecular formula is C16H31N3O2. The topological polar surface area (TPSA) is 36.0 Å². The van der Waals surface area contributed by atoms with E-state index in [1.165, 1.54) is 0 Å². The van der Waals surface area contributed by atoms with Gasteiger partial charge in [0.25, 0.3) is 0 Å². The summed E-state index contributed by atoms with van der Waals surface area (Å²) in [4.78, 5) is 19.2. The van der Waals surface area contributed by atoms with Crippen LogP contribution in [0.25, 0.3) is 0 Å². The van der Waals surface area contributed by atoms with Crippen molar-refractivity contribution >= 4 is 6.03 Å². The monoisotopic (exact) mass is 297 g/mol. The van der Waals surface area contributed by atoms with Crippen molar-refractivity contribution in [2.45, 2.75) is 64.7 Å².